The van der Waals surface area contributed by atoms with Crippen molar-refractivity contribution in [1.29, 1.82) is 0 Å². The number of hydrogen-bond acceptors (Lipinski definition) is 4. The third kappa shape index (κ3) is 1.50. The number of ether oxygens (including phenoxy) is 1. The molecule has 1 N–H and O–H groups in total. The summed E-state index contributed by atoms with van der Waals surface area (Å²) in [4.78, 5) is 16.1. The van der Waals surface area contributed by atoms with E-state index in [4.69, 9.17) is 9.84 Å². The molecule has 16 heavy (non-hydrogen) atoms. The van der Waals surface area contributed by atoms with E-state index in [1.54, 1.807) is 12.4 Å². The van der Waals surface area contributed by atoms with Gasteiger partial charge in [-0.05, 0) is 12.5 Å². The molecule has 2 aromatic heterocycles. The number of thiophene rings is 1. The number of carboxylic acids is 1. The van der Waals surface area contributed by atoms with Crippen LogP contribution in [0.2, 0.25) is 0 Å². The number of rotatable bonds is 3. The Bertz CT molecular complexity index is 541. The van der Waals surface area contributed by atoms with E-state index < -0.39 is 5.97 Å². The number of carbonyl (C=O) groups is 1. The lowest BCUT2D eigenvalue weighted by Crippen LogP contribution is -2.30. The van der Waals surface area contributed by atoms with E-state index >= 15 is 0 Å². The summed E-state index contributed by atoms with van der Waals surface area (Å²) in [6, 6.07) is 1.67. The van der Waals surface area contributed by atoms with Gasteiger partial charge in [-0.2, -0.15) is 0 Å². The minimum atomic E-state index is -0.894. The van der Waals surface area contributed by atoms with Crippen LogP contribution >= 0.6 is 11.3 Å². The summed E-state index contributed by atoms with van der Waals surface area (Å²) in [5.41, 5.74) is 0.887. The highest BCUT2D eigenvalue weighted by atomic mass is 32.1. The minimum absolute atomic E-state index is 0.255. The SMILES string of the molecule is O=C(O)c1cc2c(ncn2C[C@@H]2CCO2)s1. The molecule has 0 unspecified atom stereocenters. The van der Waals surface area contributed by atoms with Gasteiger partial charge < -0.3 is 14.4 Å². The molecule has 0 bridgehead atoms. The summed E-state index contributed by atoms with van der Waals surface area (Å²) in [5.74, 6) is -0.894. The second-order valence-corrected chi connectivity index (χ2v) is 4.82. The number of carboxylic acid groups (broad SMARTS) is 1. The van der Waals surface area contributed by atoms with Gasteiger partial charge in [0.25, 0.3) is 0 Å². The maximum atomic E-state index is 10.8. The van der Waals surface area contributed by atoms with Crippen LogP contribution in [-0.2, 0) is 11.3 Å². The Kier molecular flexibility index (Phi) is 2.19. The molecule has 1 fully saturated rings. The van der Waals surface area contributed by atoms with Crippen LogP contribution in [0.5, 0.6) is 0 Å². The van der Waals surface area contributed by atoms with Crippen LogP contribution in [0.4, 0.5) is 0 Å². The van der Waals surface area contributed by atoms with E-state index in [0.717, 1.165) is 29.9 Å². The Morgan fingerprint density at radius 3 is 3.19 bits per heavy atom. The van der Waals surface area contributed by atoms with E-state index in [1.807, 2.05) is 4.57 Å². The van der Waals surface area contributed by atoms with E-state index in [-0.39, 0.29) is 6.10 Å². The summed E-state index contributed by atoms with van der Waals surface area (Å²) in [5, 5.41) is 8.88. The van der Waals surface area contributed by atoms with E-state index in [0.29, 0.717) is 4.88 Å². The normalized spacial score (nSPS) is 19.9. The van der Waals surface area contributed by atoms with Crippen LogP contribution in [0.3, 0.4) is 0 Å². The fraction of sp³-hybridized carbons (Fsp3) is 0.400. The maximum absolute atomic E-state index is 10.8. The van der Waals surface area contributed by atoms with Crippen LogP contribution < -0.4 is 0 Å². The highest BCUT2D eigenvalue weighted by Gasteiger charge is 2.20. The molecule has 1 saturated heterocycles. The van der Waals surface area contributed by atoms with Crippen molar-refractivity contribution in [3.63, 3.8) is 0 Å². The first-order chi connectivity index (χ1) is 7.74. The van der Waals surface area contributed by atoms with Crippen molar-refractivity contribution < 1.29 is 14.6 Å². The quantitative estimate of drug-likeness (QED) is 0.881. The molecule has 0 amide bonds. The molecule has 3 heterocycles. The fourth-order valence-corrected chi connectivity index (χ4v) is 2.60. The predicted octanol–water partition coefficient (Wildman–Crippen LogP) is 1.58. The zero-order valence-corrected chi connectivity index (χ0v) is 9.24. The average Bonchev–Trinajstić information content (AvgIpc) is 2.70. The van der Waals surface area contributed by atoms with Crippen molar-refractivity contribution in [1.82, 2.24) is 9.55 Å². The third-order valence-corrected chi connectivity index (χ3v) is 3.74. The molecule has 1 atom stereocenters. The van der Waals surface area contributed by atoms with Crippen molar-refractivity contribution in [2.75, 3.05) is 6.61 Å². The highest BCUT2D eigenvalue weighted by Crippen LogP contribution is 2.25. The molecule has 84 valence electrons. The monoisotopic (exact) mass is 238 g/mol. The first-order valence-corrected chi connectivity index (χ1v) is 5.85. The molecule has 0 saturated carbocycles. The molecule has 0 spiro atoms. The van der Waals surface area contributed by atoms with Gasteiger partial charge in [0.05, 0.1) is 24.5 Å². The van der Waals surface area contributed by atoms with Gasteiger partial charge in [-0.1, -0.05) is 0 Å². The van der Waals surface area contributed by atoms with Crippen molar-refractivity contribution in [3.05, 3.63) is 17.3 Å². The summed E-state index contributed by atoms with van der Waals surface area (Å²) in [6.45, 7) is 1.58. The molecule has 1 aliphatic heterocycles. The molecule has 3 rings (SSSR count). The number of imidazole rings is 1. The Balaban J connectivity index is 1.94. The van der Waals surface area contributed by atoms with Crippen LogP contribution in [0.25, 0.3) is 10.3 Å². The third-order valence-electron chi connectivity index (χ3n) is 2.72. The number of fused-ring (bicyclic) bond motifs is 1. The average molecular weight is 238 g/mol. The van der Waals surface area contributed by atoms with Crippen LogP contribution in [0.1, 0.15) is 16.1 Å². The van der Waals surface area contributed by atoms with Gasteiger partial charge in [-0.3, -0.25) is 0 Å². The van der Waals surface area contributed by atoms with Crippen LogP contribution in [0, 0.1) is 0 Å². The smallest absolute Gasteiger partial charge is 0.346 e. The lowest BCUT2D eigenvalue weighted by atomic mass is 10.2. The Morgan fingerprint density at radius 1 is 1.75 bits per heavy atom. The van der Waals surface area contributed by atoms with Gasteiger partial charge in [0.15, 0.2) is 0 Å². The van der Waals surface area contributed by atoms with Crippen molar-refractivity contribution >= 4 is 27.7 Å². The van der Waals surface area contributed by atoms with Crippen molar-refractivity contribution in [2.24, 2.45) is 0 Å². The Hall–Kier alpha value is -1.40. The minimum Gasteiger partial charge on any atom is -0.477 e. The topological polar surface area (TPSA) is 64.3 Å². The molecule has 0 aromatic carbocycles. The van der Waals surface area contributed by atoms with Gasteiger partial charge in [0.1, 0.15) is 9.71 Å². The van der Waals surface area contributed by atoms with E-state index in [1.165, 1.54) is 11.3 Å². The van der Waals surface area contributed by atoms with Crippen molar-refractivity contribution in [3.8, 4) is 0 Å². The van der Waals surface area contributed by atoms with Gasteiger partial charge >= 0.3 is 5.97 Å². The first kappa shape index (κ1) is 9.80. The molecule has 5 nitrogen and oxygen atoms in total. The molecular formula is C10H10N2O3S. The Labute approximate surface area is 95.3 Å². The number of hydrogen-bond donors (Lipinski definition) is 1. The summed E-state index contributed by atoms with van der Waals surface area (Å²) >= 11 is 1.21. The second kappa shape index (κ2) is 3.57. The van der Waals surface area contributed by atoms with Crippen LogP contribution in [-0.4, -0.2) is 33.3 Å². The maximum Gasteiger partial charge on any atom is 0.346 e. The number of aromatic carboxylic acids is 1. The lowest BCUT2D eigenvalue weighted by molar-refractivity contribution is -0.0586. The molecule has 0 radical (unpaired) electrons. The van der Waals surface area contributed by atoms with E-state index in [9.17, 15) is 4.79 Å². The van der Waals surface area contributed by atoms with Crippen LogP contribution in [0.15, 0.2) is 12.4 Å². The zero-order chi connectivity index (χ0) is 11.1. The van der Waals surface area contributed by atoms with E-state index in [2.05, 4.69) is 4.98 Å². The Morgan fingerprint density at radius 2 is 2.56 bits per heavy atom. The summed E-state index contributed by atoms with van der Waals surface area (Å²) < 4.78 is 7.31. The number of nitrogens with zero attached hydrogens (tertiary/aromatic N) is 2. The van der Waals surface area contributed by atoms with Crippen molar-refractivity contribution in [2.45, 2.75) is 19.1 Å². The molecule has 0 aliphatic carbocycles. The lowest BCUT2D eigenvalue weighted by Gasteiger charge is -2.26. The summed E-state index contributed by atoms with van der Waals surface area (Å²) in [6.07, 6.45) is 3.06. The predicted molar refractivity (Wildman–Crippen MR) is 58.9 cm³/mol. The van der Waals surface area contributed by atoms with Gasteiger partial charge in [0.2, 0.25) is 0 Å². The summed E-state index contributed by atoms with van der Waals surface area (Å²) in [7, 11) is 0. The largest absolute Gasteiger partial charge is 0.477 e. The second-order valence-electron chi connectivity index (χ2n) is 3.78. The molecule has 1 aliphatic rings. The first-order valence-electron chi connectivity index (χ1n) is 5.03. The number of aromatic nitrogens is 2. The fourth-order valence-electron chi connectivity index (χ4n) is 1.75. The zero-order valence-electron chi connectivity index (χ0n) is 8.42. The van der Waals surface area contributed by atoms with Gasteiger partial charge in [-0.25, -0.2) is 9.78 Å². The highest BCUT2D eigenvalue weighted by molar-refractivity contribution is 7.20. The molecule has 6 heteroatoms. The van der Waals surface area contributed by atoms with Gasteiger partial charge in [-0.15, -0.1) is 11.3 Å². The molecular weight excluding hydrogens is 228 g/mol. The molecule has 2 aromatic rings. The van der Waals surface area contributed by atoms with Gasteiger partial charge in [0, 0.05) is 6.61 Å². The standard InChI is InChI=1S/C10H10N2O3S/c13-10(14)8-3-7-9(16-8)11-5-12(7)4-6-1-2-15-6/h3,5-6H,1-2,4H2,(H,13,14)/t6-/m0/s1.